The summed E-state index contributed by atoms with van der Waals surface area (Å²) in [5.74, 6) is 4.08. The summed E-state index contributed by atoms with van der Waals surface area (Å²) in [6.07, 6.45) is 1.95. The molecule has 6 nitrogen and oxygen atoms in total. The van der Waals surface area contributed by atoms with Crippen molar-refractivity contribution in [3.05, 3.63) is 51.3 Å². The molecule has 5 fully saturated rings. The van der Waals surface area contributed by atoms with Crippen LogP contribution in [0.5, 0.6) is 0 Å². The van der Waals surface area contributed by atoms with E-state index in [0.717, 1.165) is 24.3 Å². The van der Waals surface area contributed by atoms with Crippen molar-refractivity contribution in [1.29, 1.82) is 0 Å². The number of para-hydroxylation sites is 1. The highest BCUT2D eigenvalue weighted by atomic mass is 32.2. The van der Waals surface area contributed by atoms with Crippen molar-refractivity contribution in [2.24, 2.45) is 34.5 Å². The number of hydrogen-bond acceptors (Lipinski definition) is 3. The highest BCUT2D eigenvalue weighted by Gasteiger charge is 3.02. The van der Waals surface area contributed by atoms with Crippen LogP contribution in [0, 0.1) is 34.5 Å². The van der Waals surface area contributed by atoms with E-state index >= 15 is 0 Å². The molecule has 0 amide bonds. The smallest absolute Gasteiger partial charge is 0.260 e. The van der Waals surface area contributed by atoms with E-state index in [2.05, 4.69) is 0 Å². The maximum atomic E-state index is 13.4. The Hall–Kier alpha value is -1.89. The molecule has 138 valence electrons. The number of benzene rings is 1. The zero-order valence-corrected chi connectivity index (χ0v) is 15.5. The predicted molar refractivity (Wildman–Crippen MR) is 98.3 cm³/mol. The van der Waals surface area contributed by atoms with E-state index in [1.165, 1.54) is 4.57 Å². The average Bonchev–Trinajstić information content (AvgIpc) is 3.45. The summed E-state index contributed by atoms with van der Waals surface area (Å²) in [7, 11) is -0.742. The molecule has 0 radical (unpaired) electrons. The molecule has 4 heterocycles. The van der Waals surface area contributed by atoms with Gasteiger partial charge in [-0.25, -0.2) is 23.5 Å². The Kier molecular flexibility index (Phi) is 2.00. The highest BCUT2D eigenvalue weighted by Crippen LogP contribution is 3.03. The summed E-state index contributed by atoms with van der Waals surface area (Å²) in [5.41, 5.74) is 0.602. The van der Waals surface area contributed by atoms with E-state index < -0.39 is 10.8 Å². The van der Waals surface area contributed by atoms with Gasteiger partial charge in [0, 0.05) is 33.1 Å². The molecule has 1 saturated heterocycles. The lowest BCUT2D eigenvalue weighted by atomic mass is 9.69. The Bertz CT molecular complexity index is 1140. The second kappa shape index (κ2) is 3.81. The first-order valence-electron chi connectivity index (χ1n) is 10.0. The van der Waals surface area contributed by atoms with Crippen LogP contribution in [-0.2, 0) is 10.8 Å². The van der Waals surface area contributed by atoms with Gasteiger partial charge in [-0.2, -0.15) is 0 Å². The standard InChI is InChI=1S/C20H19N3O3S/c24-17-21(10-4-2-1-3-5-10)18(25)23-16-13-11-12(13)15(22(17)23)19-6-8-27(26)9-7-20(16,19)14(11)19/h1-5,11-16H,6-9H2/t11?,12-,13-,14?,15-,16-,19-,20-,27?/m0/s1. The topological polar surface area (TPSA) is 66.0 Å². The average molecular weight is 381 g/mol. The zero-order chi connectivity index (χ0) is 17.9. The first-order chi connectivity index (χ1) is 13.1. The van der Waals surface area contributed by atoms with E-state index in [-0.39, 0.29) is 34.3 Å². The number of rotatable bonds is 1. The predicted octanol–water partition coefficient (Wildman–Crippen LogP) is 0.931. The minimum Gasteiger partial charge on any atom is -0.260 e. The van der Waals surface area contributed by atoms with Crippen LogP contribution in [0.4, 0.5) is 0 Å². The van der Waals surface area contributed by atoms with Crippen LogP contribution >= 0.6 is 0 Å². The third-order valence-electron chi connectivity index (χ3n) is 9.29. The SMILES string of the molecule is O=c1n(-c2ccccc2)c(=O)n2n1[C@H]1[C@H]3C4C5[C@@]16CCS(=O)CC[C@@]56[C@@H]2[C@@H]43. The number of nitrogens with zero attached hydrogens (tertiary/aromatic N) is 3. The summed E-state index contributed by atoms with van der Waals surface area (Å²) in [6.45, 7) is 0. The summed E-state index contributed by atoms with van der Waals surface area (Å²) in [6, 6.07) is 9.62. The van der Waals surface area contributed by atoms with E-state index in [1.807, 2.05) is 39.7 Å². The summed E-state index contributed by atoms with van der Waals surface area (Å²) < 4.78 is 17.4. The van der Waals surface area contributed by atoms with Crippen LogP contribution in [-0.4, -0.2) is 29.6 Å². The lowest BCUT2D eigenvalue weighted by molar-refractivity contribution is -0.00192. The molecule has 3 aliphatic heterocycles. The summed E-state index contributed by atoms with van der Waals surface area (Å²) in [4.78, 5) is 26.9. The van der Waals surface area contributed by atoms with Crippen LogP contribution in [0.1, 0.15) is 24.9 Å². The Morgan fingerprint density at radius 3 is 1.96 bits per heavy atom. The summed E-state index contributed by atoms with van der Waals surface area (Å²) >= 11 is 0. The minimum absolute atomic E-state index is 0.146. The molecule has 2 bridgehead atoms. The van der Waals surface area contributed by atoms with Gasteiger partial charge >= 0.3 is 11.4 Å². The first kappa shape index (κ1) is 14.2. The molecular weight excluding hydrogens is 362 g/mol. The van der Waals surface area contributed by atoms with Crippen LogP contribution < -0.4 is 11.4 Å². The molecule has 7 heteroatoms. The molecule has 0 unspecified atom stereocenters. The van der Waals surface area contributed by atoms with Crippen LogP contribution in [0.2, 0.25) is 0 Å². The zero-order valence-electron chi connectivity index (χ0n) is 14.7. The van der Waals surface area contributed by atoms with Crippen LogP contribution in [0.15, 0.2) is 39.9 Å². The molecule has 9 rings (SSSR count). The second-order valence-electron chi connectivity index (χ2n) is 9.45. The van der Waals surface area contributed by atoms with Crippen molar-refractivity contribution in [3.63, 3.8) is 0 Å². The fourth-order valence-corrected chi connectivity index (χ4v) is 10.3. The fourth-order valence-electron chi connectivity index (χ4n) is 8.93. The molecule has 27 heavy (non-hydrogen) atoms. The van der Waals surface area contributed by atoms with Crippen molar-refractivity contribution in [2.45, 2.75) is 24.9 Å². The molecule has 4 saturated carbocycles. The van der Waals surface area contributed by atoms with Gasteiger partial charge in [0.2, 0.25) is 0 Å². The minimum atomic E-state index is -0.742. The van der Waals surface area contributed by atoms with E-state index in [1.54, 1.807) is 0 Å². The molecular formula is C20H19N3O3S. The first-order valence-corrected chi connectivity index (χ1v) is 11.5. The van der Waals surface area contributed by atoms with E-state index in [0.29, 0.717) is 29.4 Å². The third kappa shape index (κ3) is 1.11. The number of hydrogen-bond donors (Lipinski definition) is 0. The maximum Gasteiger partial charge on any atom is 0.352 e. The van der Waals surface area contributed by atoms with Gasteiger partial charge in [0.25, 0.3) is 0 Å². The molecule has 1 aromatic heterocycles. The third-order valence-corrected chi connectivity index (χ3v) is 10.6. The second-order valence-corrected chi connectivity index (χ2v) is 11.1. The Labute approximate surface area is 157 Å². The molecule has 2 spiro atoms. The quantitative estimate of drug-likeness (QED) is 0.738. The molecule has 4 aliphatic carbocycles. The van der Waals surface area contributed by atoms with Crippen molar-refractivity contribution >= 4 is 10.8 Å². The van der Waals surface area contributed by atoms with Gasteiger partial charge in [-0.3, -0.25) is 4.21 Å². The molecule has 6 atom stereocenters. The lowest BCUT2D eigenvalue weighted by Gasteiger charge is -2.47. The van der Waals surface area contributed by atoms with Crippen LogP contribution in [0.3, 0.4) is 0 Å². The van der Waals surface area contributed by atoms with Gasteiger partial charge in [-0.15, -0.1) is 0 Å². The Morgan fingerprint density at radius 2 is 1.41 bits per heavy atom. The Morgan fingerprint density at radius 1 is 0.852 bits per heavy atom. The van der Waals surface area contributed by atoms with Crippen molar-refractivity contribution in [3.8, 4) is 5.69 Å². The van der Waals surface area contributed by atoms with Crippen molar-refractivity contribution in [1.82, 2.24) is 13.9 Å². The van der Waals surface area contributed by atoms with Gasteiger partial charge in [0.15, 0.2) is 0 Å². The fraction of sp³-hybridized carbons (Fsp3) is 0.600. The van der Waals surface area contributed by atoms with Gasteiger partial charge in [-0.05, 0) is 48.6 Å². The lowest BCUT2D eigenvalue weighted by Crippen LogP contribution is -2.52. The normalized spacial score (nSPS) is 51.5. The van der Waals surface area contributed by atoms with Crippen molar-refractivity contribution < 1.29 is 4.21 Å². The van der Waals surface area contributed by atoms with Gasteiger partial charge < -0.3 is 0 Å². The summed E-state index contributed by atoms with van der Waals surface area (Å²) in [5, 5.41) is 0. The Balaban J connectivity index is 1.43. The largest absolute Gasteiger partial charge is 0.352 e. The maximum absolute atomic E-state index is 13.4. The van der Waals surface area contributed by atoms with Gasteiger partial charge in [-0.1, -0.05) is 18.2 Å². The molecule has 1 aromatic carbocycles. The van der Waals surface area contributed by atoms with Crippen molar-refractivity contribution in [2.75, 3.05) is 11.5 Å². The van der Waals surface area contributed by atoms with Gasteiger partial charge in [0.1, 0.15) is 0 Å². The molecule has 0 N–H and O–H groups in total. The van der Waals surface area contributed by atoms with Crippen LogP contribution in [0.25, 0.3) is 5.69 Å². The number of aromatic nitrogens is 3. The van der Waals surface area contributed by atoms with E-state index in [9.17, 15) is 13.8 Å². The monoisotopic (exact) mass is 381 g/mol. The molecule has 2 aromatic rings. The highest BCUT2D eigenvalue weighted by molar-refractivity contribution is 7.84. The van der Waals surface area contributed by atoms with Gasteiger partial charge in [0.05, 0.1) is 17.8 Å². The van der Waals surface area contributed by atoms with E-state index in [4.69, 9.17) is 0 Å². The molecule has 7 aliphatic rings.